The van der Waals surface area contributed by atoms with E-state index in [9.17, 15) is 12.8 Å². The monoisotopic (exact) mass is 360 g/mol. The van der Waals surface area contributed by atoms with Crippen molar-refractivity contribution in [2.24, 2.45) is 0 Å². The molecule has 0 saturated carbocycles. The standard InChI is InChI=1S/C12H10BrFN2O3S/c1-19-12-11(6-8(13)7-15-12)20(17,18)16-10-5-3-2-4-9(10)14/h2-7,16H,1H3. The van der Waals surface area contributed by atoms with Gasteiger partial charge in [0.25, 0.3) is 10.0 Å². The first-order valence-electron chi connectivity index (χ1n) is 5.41. The molecule has 0 aliphatic carbocycles. The second kappa shape index (κ2) is 5.76. The van der Waals surface area contributed by atoms with E-state index in [0.717, 1.165) is 6.07 Å². The Kier molecular flexibility index (Phi) is 4.24. The van der Waals surface area contributed by atoms with Crippen LogP contribution in [0.4, 0.5) is 10.1 Å². The molecule has 2 aromatic rings. The van der Waals surface area contributed by atoms with Gasteiger partial charge < -0.3 is 4.74 Å². The van der Waals surface area contributed by atoms with Gasteiger partial charge in [0.2, 0.25) is 5.88 Å². The van der Waals surface area contributed by atoms with Crippen LogP contribution in [0.25, 0.3) is 0 Å². The van der Waals surface area contributed by atoms with E-state index < -0.39 is 15.8 Å². The number of hydrogen-bond acceptors (Lipinski definition) is 4. The molecular weight excluding hydrogens is 351 g/mol. The summed E-state index contributed by atoms with van der Waals surface area (Å²) in [4.78, 5) is 3.66. The molecule has 0 aliphatic heterocycles. The number of halogens is 2. The highest BCUT2D eigenvalue weighted by Crippen LogP contribution is 2.27. The van der Waals surface area contributed by atoms with E-state index in [1.54, 1.807) is 0 Å². The molecule has 1 heterocycles. The van der Waals surface area contributed by atoms with Crippen molar-refractivity contribution in [1.29, 1.82) is 0 Å². The first kappa shape index (κ1) is 14.7. The molecule has 0 spiro atoms. The Morgan fingerprint density at radius 1 is 1.35 bits per heavy atom. The molecule has 8 heteroatoms. The molecule has 0 bridgehead atoms. The van der Waals surface area contributed by atoms with Crippen LogP contribution < -0.4 is 9.46 Å². The van der Waals surface area contributed by atoms with Crippen molar-refractivity contribution in [2.75, 3.05) is 11.8 Å². The fourth-order valence-electron chi connectivity index (χ4n) is 1.50. The minimum Gasteiger partial charge on any atom is -0.480 e. The average Bonchev–Trinajstić information content (AvgIpc) is 2.41. The van der Waals surface area contributed by atoms with Crippen LogP contribution in [-0.2, 0) is 10.0 Å². The topological polar surface area (TPSA) is 68.3 Å². The van der Waals surface area contributed by atoms with Gasteiger partial charge in [-0.1, -0.05) is 12.1 Å². The number of para-hydroxylation sites is 1. The molecule has 0 aliphatic rings. The Morgan fingerprint density at radius 2 is 2.05 bits per heavy atom. The van der Waals surface area contributed by atoms with Gasteiger partial charge in [-0.3, -0.25) is 4.72 Å². The number of methoxy groups -OCH3 is 1. The molecule has 106 valence electrons. The van der Waals surface area contributed by atoms with Crippen LogP contribution in [0.5, 0.6) is 5.88 Å². The maximum atomic E-state index is 13.5. The number of sulfonamides is 1. The minimum absolute atomic E-state index is 0.0722. The summed E-state index contributed by atoms with van der Waals surface area (Å²) >= 11 is 3.13. The van der Waals surface area contributed by atoms with Gasteiger partial charge >= 0.3 is 0 Å². The van der Waals surface area contributed by atoms with Crippen LogP contribution >= 0.6 is 15.9 Å². The molecule has 1 aromatic carbocycles. The molecule has 0 amide bonds. The first-order chi connectivity index (χ1) is 9.44. The summed E-state index contributed by atoms with van der Waals surface area (Å²) in [6.07, 6.45) is 1.40. The number of ether oxygens (including phenoxy) is 1. The number of rotatable bonds is 4. The molecular formula is C12H10BrFN2O3S. The molecule has 5 nitrogen and oxygen atoms in total. The van der Waals surface area contributed by atoms with Crippen LogP contribution in [0.1, 0.15) is 0 Å². The van der Waals surface area contributed by atoms with Gasteiger partial charge in [-0.15, -0.1) is 0 Å². The van der Waals surface area contributed by atoms with Gasteiger partial charge in [-0.2, -0.15) is 0 Å². The van der Waals surface area contributed by atoms with Crippen molar-refractivity contribution in [2.45, 2.75) is 4.90 Å². The number of anilines is 1. The highest BCUT2D eigenvalue weighted by molar-refractivity contribution is 9.10. The Bertz CT molecular complexity index is 737. The molecule has 0 saturated heterocycles. The summed E-state index contributed by atoms with van der Waals surface area (Å²) in [5.74, 6) is -0.741. The van der Waals surface area contributed by atoms with E-state index in [4.69, 9.17) is 4.74 Å². The summed E-state index contributed by atoms with van der Waals surface area (Å²) in [6.45, 7) is 0. The van der Waals surface area contributed by atoms with E-state index in [0.29, 0.717) is 4.47 Å². The Hall–Kier alpha value is -1.67. The van der Waals surface area contributed by atoms with Crippen LogP contribution in [0.3, 0.4) is 0 Å². The zero-order valence-corrected chi connectivity index (χ0v) is 12.7. The Labute approximate surface area is 124 Å². The van der Waals surface area contributed by atoms with Gasteiger partial charge in [0, 0.05) is 10.7 Å². The van der Waals surface area contributed by atoms with Crippen LogP contribution in [-0.4, -0.2) is 20.5 Å². The number of nitrogens with zero attached hydrogens (tertiary/aromatic N) is 1. The van der Waals surface area contributed by atoms with Crippen molar-refractivity contribution in [3.63, 3.8) is 0 Å². The van der Waals surface area contributed by atoms with E-state index in [2.05, 4.69) is 25.6 Å². The van der Waals surface area contributed by atoms with Crippen molar-refractivity contribution >= 4 is 31.6 Å². The van der Waals surface area contributed by atoms with Crippen molar-refractivity contribution in [3.8, 4) is 5.88 Å². The van der Waals surface area contributed by atoms with Gasteiger partial charge in [0.1, 0.15) is 5.82 Å². The van der Waals surface area contributed by atoms with Crippen molar-refractivity contribution < 1.29 is 17.5 Å². The zero-order chi connectivity index (χ0) is 14.8. The van der Waals surface area contributed by atoms with Crippen LogP contribution in [0.15, 0.2) is 45.9 Å². The van der Waals surface area contributed by atoms with Crippen molar-refractivity contribution in [3.05, 3.63) is 46.8 Å². The van der Waals surface area contributed by atoms with E-state index in [1.807, 2.05) is 0 Å². The third-order valence-electron chi connectivity index (χ3n) is 2.39. The number of benzene rings is 1. The lowest BCUT2D eigenvalue weighted by molar-refractivity contribution is 0.385. The highest BCUT2D eigenvalue weighted by Gasteiger charge is 2.22. The molecule has 20 heavy (non-hydrogen) atoms. The lowest BCUT2D eigenvalue weighted by Gasteiger charge is -2.11. The lowest BCUT2D eigenvalue weighted by atomic mass is 10.3. The van der Waals surface area contributed by atoms with Crippen LogP contribution in [0.2, 0.25) is 0 Å². The van der Waals surface area contributed by atoms with E-state index in [-0.39, 0.29) is 16.5 Å². The SMILES string of the molecule is COc1ncc(Br)cc1S(=O)(=O)Nc1ccccc1F. The maximum Gasteiger partial charge on any atom is 0.267 e. The van der Waals surface area contributed by atoms with Crippen molar-refractivity contribution in [1.82, 2.24) is 4.98 Å². The zero-order valence-electron chi connectivity index (χ0n) is 10.3. The smallest absolute Gasteiger partial charge is 0.267 e. The molecule has 0 unspecified atom stereocenters. The molecule has 1 aromatic heterocycles. The molecule has 1 N–H and O–H groups in total. The minimum atomic E-state index is -4.01. The largest absolute Gasteiger partial charge is 0.480 e. The molecule has 0 atom stereocenters. The van der Waals surface area contributed by atoms with Crippen LogP contribution in [0, 0.1) is 5.82 Å². The predicted octanol–water partition coefficient (Wildman–Crippen LogP) is 2.79. The molecule has 2 rings (SSSR count). The number of pyridine rings is 1. The second-order valence-corrected chi connectivity index (χ2v) is 6.31. The first-order valence-corrected chi connectivity index (χ1v) is 7.68. The maximum absolute atomic E-state index is 13.5. The van der Waals surface area contributed by atoms with Gasteiger partial charge in [-0.05, 0) is 34.1 Å². The summed E-state index contributed by atoms with van der Waals surface area (Å²) in [5.41, 5.74) is -0.144. The fraction of sp³-hybridized carbons (Fsp3) is 0.0833. The van der Waals surface area contributed by atoms with E-state index in [1.165, 1.54) is 37.6 Å². The summed E-state index contributed by atoms with van der Waals surface area (Å²) in [5, 5.41) is 0. The number of nitrogens with one attached hydrogen (secondary N) is 1. The summed E-state index contributed by atoms with van der Waals surface area (Å²) in [6, 6.07) is 6.81. The fourth-order valence-corrected chi connectivity index (χ4v) is 3.19. The van der Waals surface area contributed by atoms with Gasteiger partial charge in [0.05, 0.1) is 12.8 Å². The third-order valence-corrected chi connectivity index (χ3v) is 4.18. The predicted molar refractivity (Wildman–Crippen MR) is 75.7 cm³/mol. The quantitative estimate of drug-likeness (QED) is 0.909. The number of aromatic nitrogens is 1. The number of hydrogen-bond donors (Lipinski definition) is 1. The highest BCUT2D eigenvalue weighted by atomic mass is 79.9. The summed E-state index contributed by atoms with van der Waals surface area (Å²) < 4.78 is 45.6. The van der Waals surface area contributed by atoms with E-state index >= 15 is 0 Å². The second-order valence-electron chi connectivity index (χ2n) is 3.75. The lowest BCUT2D eigenvalue weighted by Crippen LogP contribution is -2.15. The van der Waals surface area contributed by atoms with Gasteiger partial charge in [0.15, 0.2) is 4.90 Å². The Morgan fingerprint density at radius 3 is 2.70 bits per heavy atom. The molecule has 0 fully saturated rings. The normalized spacial score (nSPS) is 11.2. The molecule has 0 radical (unpaired) electrons. The third kappa shape index (κ3) is 3.07. The Balaban J connectivity index is 2.46. The van der Waals surface area contributed by atoms with Gasteiger partial charge in [-0.25, -0.2) is 17.8 Å². The summed E-state index contributed by atoms with van der Waals surface area (Å²) in [7, 11) is -2.70. The average molecular weight is 361 g/mol.